The average Bonchev–Trinajstić information content (AvgIpc) is 2.98. The summed E-state index contributed by atoms with van der Waals surface area (Å²) in [6.07, 6.45) is 4.29. The van der Waals surface area contributed by atoms with E-state index in [9.17, 15) is 4.79 Å². The minimum Gasteiger partial charge on any atom is -0.394 e. The topological polar surface area (TPSA) is 75.1 Å². The van der Waals surface area contributed by atoms with Crippen LogP contribution in [-0.4, -0.2) is 33.1 Å². The molecule has 80 valence electrons. The molecule has 1 saturated carbocycles. The van der Waals surface area contributed by atoms with Gasteiger partial charge in [-0.3, -0.25) is 9.78 Å². The second kappa shape index (κ2) is 3.75. The first-order valence-electron chi connectivity index (χ1n) is 4.56. The number of hydrogen-bond acceptors (Lipinski definition) is 4. The number of aromatic nitrogens is 2. The fourth-order valence-electron chi connectivity index (χ4n) is 1.23. The van der Waals surface area contributed by atoms with Gasteiger partial charge in [0.05, 0.1) is 24.5 Å². The maximum Gasteiger partial charge on any atom is 0.272 e. The summed E-state index contributed by atoms with van der Waals surface area (Å²) in [7, 11) is 0. The van der Waals surface area contributed by atoms with Crippen LogP contribution in [0.5, 0.6) is 0 Å². The summed E-state index contributed by atoms with van der Waals surface area (Å²) < 4.78 is 0. The first kappa shape index (κ1) is 10.3. The lowest BCUT2D eigenvalue weighted by molar-refractivity contribution is 0.0901. The van der Waals surface area contributed by atoms with Gasteiger partial charge in [0.15, 0.2) is 0 Å². The standard InChI is InChI=1S/C9H10ClN3O2/c10-7-4-11-3-6(12-7)8(15)13-9(5-14)1-2-9/h3-4,14H,1-2,5H2,(H,13,15). The molecule has 1 amide bonds. The zero-order chi connectivity index (χ0) is 10.9. The minimum atomic E-state index is -0.443. The molecule has 1 aliphatic rings. The van der Waals surface area contributed by atoms with Gasteiger partial charge in [-0.1, -0.05) is 11.6 Å². The lowest BCUT2D eigenvalue weighted by atomic mass is 10.3. The van der Waals surface area contributed by atoms with Crippen LogP contribution >= 0.6 is 11.6 Å². The van der Waals surface area contributed by atoms with Crippen LogP contribution < -0.4 is 5.32 Å². The van der Waals surface area contributed by atoms with Gasteiger partial charge in [-0.2, -0.15) is 0 Å². The highest BCUT2D eigenvalue weighted by Crippen LogP contribution is 2.34. The molecule has 1 aromatic heterocycles. The summed E-state index contributed by atoms with van der Waals surface area (Å²) in [5.74, 6) is -0.350. The Hall–Kier alpha value is -1.20. The van der Waals surface area contributed by atoms with Crippen molar-refractivity contribution >= 4 is 17.5 Å². The molecule has 1 aromatic rings. The van der Waals surface area contributed by atoms with Gasteiger partial charge < -0.3 is 10.4 Å². The van der Waals surface area contributed by atoms with Crippen LogP contribution in [0.3, 0.4) is 0 Å². The largest absolute Gasteiger partial charge is 0.394 e. The minimum absolute atomic E-state index is 0.0489. The Kier molecular flexibility index (Phi) is 2.58. The molecule has 0 bridgehead atoms. The van der Waals surface area contributed by atoms with Crippen LogP contribution in [0, 0.1) is 0 Å². The van der Waals surface area contributed by atoms with E-state index in [1.54, 1.807) is 0 Å². The quantitative estimate of drug-likeness (QED) is 0.783. The molecule has 15 heavy (non-hydrogen) atoms. The molecule has 2 N–H and O–H groups in total. The predicted molar refractivity (Wildman–Crippen MR) is 53.6 cm³/mol. The van der Waals surface area contributed by atoms with E-state index in [1.165, 1.54) is 12.4 Å². The highest BCUT2D eigenvalue weighted by Gasteiger charge is 2.43. The van der Waals surface area contributed by atoms with E-state index in [1.807, 2.05) is 0 Å². The third-order valence-electron chi connectivity index (χ3n) is 2.37. The lowest BCUT2D eigenvalue weighted by Gasteiger charge is -2.13. The molecule has 0 saturated heterocycles. The van der Waals surface area contributed by atoms with Crippen molar-refractivity contribution in [1.29, 1.82) is 0 Å². The number of rotatable bonds is 3. The summed E-state index contributed by atoms with van der Waals surface area (Å²) in [5, 5.41) is 11.9. The number of aliphatic hydroxyl groups excluding tert-OH is 1. The molecule has 1 heterocycles. The molecular weight excluding hydrogens is 218 g/mol. The summed E-state index contributed by atoms with van der Waals surface area (Å²) in [5.41, 5.74) is -0.275. The van der Waals surface area contributed by atoms with Gasteiger partial charge in [0.2, 0.25) is 0 Å². The van der Waals surface area contributed by atoms with Crippen molar-refractivity contribution in [1.82, 2.24) is 15.3 Å². The number of nitrogens with one attached hydrogen (secondary N) is 1. The highest BCUT2D eigenvalue weighted by molar-refractivity contribution is 6.29. The Morgan fingerprint density at radius 1 is 1.60 bits per heavy atom. The zero-order valence-electron chi connectivity index (χ0n) is 7.90. The van der Waals surface area contributed by atoms with Gasteiger partial charge in [0.25, 0.3) is 5.91 Å². The van der Waals surface area contributed by atoms with E-state index in [0.717, 1.165) is 12.8 Å². The smallest absolute Gasteiger partial charge is 0.272 e. The maximum atomic E-state index is 11.6. The van der Waals surface area contributed by atoms with E-state index < -0.39 is 5.54 Å². The van der Waals surface area contributed by atoms with Crippen molar-refractivity contribution in [3.63, 3.8) is 0 Å². The van der Waals surface area contributed by atoms with Gasteiger partial charge in [0.1, 0.15) is 10.8 Å². The number of carbonyl (C=O) groups excluding carboxylic acids is 1. The van der Waals surface area contributed by atoms with Crippen LogP contribution in [0.2, 0.25) is 5.15 Å². The number of halogens is 1. The molecule has 0 radical (unpaired) electrons. The fourth-order valence-corrected chi connectivity index (χ4v) is 1.38. The van der Waals surface area contributed by atoms with Crippen LogP contribution in [0.15, 0.2) is 12.4 Å². The van der Waals surface area contributed by atoms with E-state index in [4.69, 9.17) is 16.7 Å². The van der Waals surface area contributed by atoms with Gasteiger partial charge in [0, 0.05) is 0 Å². The van der Waals surface area contributed by atoms with Crippen LogP contribution in [0.25, 0.3) is 0 Å². The Bertz CT molecular complexity index is 393. The number of hydrogen-bond donors (Lipinski definition) is 2. The van der Waals surface area contributed by atoms with E-state index in [0.29, 0.717) is 0 Å². The zero-order valence-corrected chi connectivity index (χ0v) is 8.66. The maximum absolute atomic E-state index is 11.6. The second-order valence-electron chi connectivity index (χ2n) is 3.62. The Morgan fingerprint density at radius 2 is 2.33 bits per heavy atom. The molecule has 0 aromatic carbocycles. The number of amides is 1. The number of aliphatic hydroxyl groups is 1. The van der Waals surface area contributed by atoms with Crippen molar-refractivity contribution in [3.8, 4) is 0 Å². The second-order valence-corrected chi connectivity index (χ2v) is 4.01. The van der Waals surface area contributed by atoms with E-state index in [-0.39, 0.29) is 23.4 Å². The first-order valence-corrected chi connectivity index (χ1v) is 4.94. The normalized spacial score (nSPS) is 17.2. The molecule has 2 rings (SSSR count). The average molecular weight is 228 g/mol. The third kappa shape index (κ3) is 2.24. The molecule has 1 fully saturated rings. The van der Waals surface area contributed by atoms with Crippen molar-refractivity contribution in [3.05, 3.63) is 23.2 Å². The van der Waals surface area contributed by atoms with Crippen molar-refractivity contribution in [2.75, 3.05) is 6.61 Å². The molecule has 0 unspecified atom stereocenters. The molecule has 1 aliphatic carbocycles. The van der Waals surface area contributed by atoms with Crippen molar-refractivity contribution in [2.24, 2.45) is 0 Å². The number of carbonyl (C=O) groups is 1. The molecule has 0 spiro atoms. The molecule has 5 nitrogen and oxygen atoms in total. The monoisotopic (exact) mass is 227 g/mol. The summed E-state index contributed by atoms with van der Waals surface area (Å²) in [6.45, 7) is -0.0489. The third-order valence-corrected chi connectivity index (χ3v) is 2.55. The molecular formula is C9H10ClN3O2. The van der Waals surface area contributed by atoms with Crippen molar-refractivity contribution in [2.45, 2.75) is 18.4 Å². The fraction of sp³-hybridized carbons (Fsp3) is 0.444. The Labute approximate surface area is 91.5 Å². The van der Waals surface area contributed by atoms with Crippen molar-refractivity contribution < 1.29 is 9.90 Å². The highest BCUT2D eigenvalue weighted by atomic mass is 35.5. The lowest BCUT2D eigenvalue weighted by Crippen LogP contribution is -2.40. The SMILES string of the molecule is O=C(NC1(CO)CC1)c1cncc(Cl)n1. The van der Waals surface area contributed by atoms with E-state index >= 15 is 0 Å². The van der Waals surface area contributed by atoms with Gasteiger partial charge >= 0.3 is 0 Å². The van der Waals surface area contributed by atoms with Gasteiger partial charge in [-0.05, 0) is 12.8 Å². The Morgan fingerprint density at radius 3 is 2.87 bits per heavy atom. The molecule has 0 atom stereocenters. The molecule has 6 heteroatoms. The van der Waals surface area contributed by atoms with Crippen LogP contribution in [0.1, 0.15) is 23.3 Å². The summed E-state index contributed by atoms with van der Waals surface area (Å²) >= 11 is 5.61. The number of nitrogens with zero attached hydrogens (tertiary/aromatic N) is 2. The predicted octanol–water partition coefficient (Wildman–Crippen LogP) is 0.385. The first-order chi connectivity index (χ1) is 7.15. The van der Waals surface area contributed by atoms with Gasteiger partial charge in [-0.15, -0.1) is 0 Å². The Balaban J connectivity index is 2.08. The van der Waals surface area contributed by atoms with Gasteiger partial charge in [-0.25, -0.2) is 4.98 Å². The molecule has 0 aliphatic heterocycles. The van der Waals surface area contributed by atoms with E-state index in [2.05, 4.69) is 15.3 Å². The summed E-state index contributed by atoms with van der Waals surface area (Å²) in [6, 6.07) is 0. The van der Waals surface area contributed by atoms with Crippen LogP contribution in [-0.2, 0) is 0 Å². The van der Waals surface area contributed by atoms with Crippen LogP contribution in [0.4, 0.5) is 0 Å². The summed E-state index contributed by atoms with van der Waals surface area (Å²) in [4.78, 5) is 19.2.